The molecular formula is C14H21NS. The quantitative estimate of drug-likeness (QED) is 0.789. The van der Waals surface area contributed by atoms with Crippen LogP contribution in [0.2, 0.25) is 0 Å². The summed E-state index contributed by atoms with van der Waals surface area (Å²) in [4.78, 5) is 2.44. The van der Waals surface area contributed by atoms with Gasteiger partial charge in [-0.3, -0.25) is 0 Å². The molecule has 0 saturated carbocycles. The van der Waals surface area contributed by atoms with Crippen molar-refractivity contribution in [3.05, 3.63) is 35.9 Å². The van der Waals surface area contributed by atoms with Gasteiger partial charge in [-0.15, -0.1) is 0 Å². The van der Waals surface area contributed by atoms with Gasteiger partial charge < -0.3 is 4.90 Å². The minimum Gasteiger partial charge on any atom is -0.306 e. The van der Waals surface area contributed by atoms with Crippen LogP contribution < -0.4 is 0 Å². The summed E-state index contributed by atoms with van der Waals surface area (Å²) in [5, 5.41) is 0.903. The molecule has 0 radical (unpaired) electrons. The summed E-state index contributed by atoms with van der Waals surface area (Å²) in [5.74, 6) is 1.28. The summed E-state index contributed by atoms with van der Waals surface area (Å²) in [6.07, 6.45) is 3.96. The molecule has 0 atom stereocenters. The molecule has 2 rings (SSSR count). The van der Waals surface area contributed by atoms with Crippen LogP contribution in [0, 0.1) is 0 Å². The van der Waals surface area contributed by atoms with Crippen molar-refractivity contribution in [3.63, 3.8) is 0 Å². The van der Waals surface area contributed by atoms with Gasteiger partial charge in [0.1, 0.15) is 0 Å². The van der Waals surface area contributed by atoms with Crippen molar-refractivity contribution in [2.24, 2.45) is 0 Å². The van der Waals surface area contributed by atoms with Gasteiger partial charge in [-0.05, 0) is 50.7 Å². The Kier molecular flexibility index (Phi) is 4.73. The Labute approximate surface area is 103 Å². The number of thioether (sulfide) groups is 1. The third-order valence-corrected chi connectivity index (χ3v) is 4.64. The molecule has 0 unspecified atom stereocenters. The molecule has 1 nitrogen and oxygen atoms in total. The Morgan fingerprint density at radius 1 is 1.19 bits per heavy atom. The molecule has 2 heteroatoms. The molecule has 1 aromatic rings. The molecule has 1 heterocycles. The van der Waals surface area contributed by atoms with Crippen molar-refractivity contribution in [1.82, 2.24) is 4.90 Å². The molecule has 1 fully saturated rings. The van der Waals surface area contributed by atoms with Gasteiger partial charge >= 0.3 is 0 Å². The monoisotopic (exact) mass is 235 g/mol. The highest BCUT2D eigenvalue weighted by molar-refractivity contribution is 7.99. The number of benzene rings is 1. The topological polar surface area (TPSA) is 3.24 Å². The zero-order valence-electron chi connectivity index (χ0n) is 10.1. The summed E-state index contributed by atoms with van der Waals surface area (Å²) in [6.45, 7) is 2.56. The van der Waals surface area contributed by atoms with E-state index in [-0.39, 0.29) is 0 Å². The third-order valence-electron chi connectivity index (χ3n) is 3.25. The first-order valence-electron chi connectivity index (χ1n) is 6.18. The second-order valence-corrected chi connectivity index (χ2v) is 6.02. The van der Waals surface area contributed by atoms with Crippen LogP contribution in [0.3, 0.4) is 0 Å². The molecule has 0 N–H and O–H groups in total. The van der Waals surface area contributed by atoms with Gasteiger partial charge in [0.25, 0.3) is 0 Å². The van der Waals surface area contributed by atoms with Gasteiger partial charge in [0.2, 0.25) is 0 Å². The molecule has 1 aliphatic rings. The summed E-state index contributed by atoms with van der Waals surface area (Å²) in [5.41, 5.74) is 1.47. The first-order chi connectivity index (χ1) is 7.84. The highest BCUT2D eigenvalue weighted by atomic mass is 32.2. The Bertz CT molecular complexity index is 291. The maximum Gasteiger partial charge on any atom is 0.00714 e. The Hall–Kier alpha value is -0.470. The van der Waals surface area contributed by atoms with Crippen LogP contribution in [0.1, 0.15) is 18.4 Å². The lowest BCUT2D eigenvalue weighted by atomic mass is 10.1. The van der Waals surface area contributed by atoms with Gasteiger partial charge in [-0.2, -0.15) is 11.8 Å². The Morgan fingerprint density at radius 2 is 1.88 bits per heavy atom. The van der Waals surface area contributed by atoms with E-state index >= 15 is 0 Å². The Balaban J connectivity index is 1.65. The Morgan fingerprint density at radius 3 is 2.56 bits per heavy atom. The molecule has 1 aliphatic heterocycles. The smallest absolute Gasteiger partial charge is 0.00714 e. The zero-order valence-corrected chi connectivity index (χ0v) is 10.9. The first kappa shape index (κ1) is 12.0. The van der Waals surface area contributed by atoms with Gasteiger partial charge in [-0.25, -0.2) is 0 Å². The number of likely N-dealkylation sites (tertiary alicyclic amines) is 1. The molecule has 1 aromatic carbocycles. The molecule has 0 amide bonds. The molecule has 16 heavy (non-hydrogen) atoms. The SMILES string of the molecule is CN1CCC(SCCc2ccccc2)CC1. The lowest BCUT2D eigenvalue weighted by molar-refractivity contribution is 0.282. The summed E-state index contributed by atoms with van der Waals surface area (Å²) >= 11 is 2.17. The molecule has 0 aromatic heterocycles. The lowest BCUT2D eigenvalue weighted by Gasteiger charge is -2.28. The van der Waals surface area contributed by atoms with Gasteiger partial charge in [0.15, 0.2) is 0 Å². The molecule has 0 spiro atoms. The van der Waals surface area contributed by atoms with E-state index in [2.05, 4.69) is 54.0 Å². The van der Waals surface area contributed by atoms with E-state index in [4.69, 9.17) is 0 Å². The van der Waals surface area contributed by atoms with E-state index in [0.29, 0.717) is 0 Å². The summed E-state index contributed by atoms with van der Waals surface area (Å²) in [7, 11) is 2.23. The number of aryl methyl sites for hydroxylation is 1. The van der Waals surface area contributed by atoms with Crippen LogP contribution in [-0.2, 0) is 6.42 Å². The standard InChI is InChI=1S/C14H21NS/c1-15-10-7-14(8-11-15)16-12-9-13-5-3-2-4-6-13/h2-6,14H,7-12H2,1H3. The number of piperidine rings is 1. The van der Waals surface area contributed by atoms with Crippen LogP contribution in [0.4, 0.5) is 0 Å². The normalized spacial score (nSPS) is 18.8. The van der Waals surface area contributed by atoms with Crippen molar-refractivity contribution in [2.75, 3.05) is 25.9 Å². The van der Waals surface area contributed by atoms with Crippen LogP contribution in [0.25, 0.3) is 0 Å². The largest absolute Gasteiger partial charge is 0.306 e. The number of nitrogens with zero attached hydrogens (tertiary/aromatic N) is 1. The summed E-state index contributed by atoms with van der Waals surface area (Å²) in [6, 6.07) is 10.8. The zero-order chi connectivity index (χ0) is 11.2. The molecular weight excluding hydrogens is 214 g/mol. The highest BCUT2D eigenvalue weighted by Gasteiger charge is 2.16. The van der Waals surface area contributed by atoms with Crippen LogP contribution in [-0.4, -0.2) is 36.0 Å². The van der Waals surface area contributed by atoms with E-state index in [9.17, 15) is 0 Å². The maximum atomic E-state index is 2.44. The number of rotatable bonds is 4. The molecule has 1 saturated heterocycles. The minimum absolute atomic E-state index is 0.903. The summed E-state index contributed by atoms with van der Waals surface area (Å²) < 4.78 is 0. The molecule has 0 bridgehead atoms. The maximum absolute atomic E-state index is 2.44. The third kappa shape index (κ3) is 3.84. The second kappa shape index (κ2) is 6.31. The fourth-order valence-electron chi connectivity index (χ4n) is 2.14. The van der Waals surface area contributed by atoms with E-state index in [1.165, 1.54) is 43.7 Å². The van der Waals surface area contributed by atoms with E-state index in [0.717, 1.165) is 5.25 Å². The van der Waals surface area contributed by atoms with Crippen molar-refractivity contribution in [2.45, 2.75) is 24.5 Å². The van der Waals surface area contributed by atoms with Gasteiger partial charge in [-0.1, -0.05) is 30.3 Å². The van der Waals surface area contributed by atoms with Crippen molar-refractivity contribution < 1.29 is 0 Å². The highest BCUT2D eigenvalue weighted by Crippen LogP contribution is 2.23. The predicted octanol–water partition coefficient (Wildman–Crippen LogP) is 3.06. The first-order valence-corrected chi connectivity index (χ1v) is 7.23. The van der Waals surface area contributed by atoms with E-state index in [1.54, 1.807) is 0 Å². The average Bonchev–Trinajstić information content (AvgIpc) is 2.33. The molecule has 88 valence electrons. The lowest BCUT2D eigenvalue weighted by Crippen LogP contribution is -2.31. The van der Waals surface area contributed by atoms with Gasteiger partial charge in [0.05, 0.1) is 0 Å². The second-order valence-electron chi connectivity index (χ2n) is 4.61. The van der Waals surface area contributed by atoms with Gasteiger partial charge in [0, 0.05) is 5.25 Å². The van der Waals surface area contributed by atoms with Crippen LogP contribution in [0.5, 0.6) is 0 Å². The van der Waals surface area contributed by atoms with Crippen LogP contribution in [0.15, 0.2) is 30.3 Å². The van der Waals surface area contributed by atoms with Crippen LogP contribution >= 0.6 is 11.8 Å². The molecule has 0 aliphatic carbocycles. The van der Waals surface area contributed by atoms with Crippen molar-refractivity contribution >= 4 is 11.8 Å². The average molecular weight is 235 g/mol. The fraction of sp³-hybridized carbons (Fsp3) is 0.571. The van der Waals surface area contributed by atoms with Crippen molar-refractivity contribution in [3.8, 4) is 0 Å². The number of hydrogen-bond donors (Lipinski definition) is 0. The van der Waals surface area contributed by atoms with E-state index < -0.39 is 0 Å². The fourth-order valence-corrected chi connectivity index (χ4v) is 3.37. The minimum atomic E-state index is 0.903. The number of hydrogen-bond acceptors (Lipinski definition) is 2. The van der Waals surface area contributed by atoms with Crippen molar-refractivity contribution in [1.29, 1.82) is 0 Å². The predicted molar refractivity (Wildman–Crippen MR) is 73.1 cm³/mol. The van der Waals surface area contributed by atoms with E-state index in [1.807, 2.05) is 0 Å².